The average Bonchev–Trinajstić information content (AvgIpc) is 2.62. The van der Waals surface area contributed by atoms with E-state index in [0.29, 0.717) is 5.54 Å². The van der Waals surface area contributed by atoms with Crippen LogP contribution >= 0.6 is 0 Å². The molecule has 0 aromatic rings. The zero-order valence-corrected chi connectivity index (χ0v) is 8.87. The summed E-state index contributed by atoms with van der Waals surface area (Å²) < 4.78 is 16.1. The number of allylic oxidation sites excluding steroid dienone is 2. The SMILES string of the molecule is CO[Si](OC)(OC)C1C=CCC1. The van der Waals surface area contributed by atoms with E-state index < -0.39 is 8.80 Å². The van der Waals surface area contributed by atoms with Crippen LogP contribution in [0.25, 0.3) is 0 Å². The molecule has 0 aliphatic heterocycles. The molecule has 70 valence electrons. The van der Waals surface area contributed by atoms with Crippen LogP contribution in [0.15, 0.2) is 12.2 Å². The molecule has 0 heterocycles. The molecule has 0 aromatic heterocycles. The maximum absolute atomic E-state index is 5.36. The monoisotopic (exact) mass is 188 g/mol. The molecule has 0 spiro atoms. The minimum Gasteiger partial charge on any atom is -0.376 e. The van der Waals surface area contributed by atoms with Gasteiger partial charge in [0.2, 0.25) is 0 Å². The maximum atomic E-state index is 5.36. The van der Waals surface area contributed by atoms with Gasteiger partial charge < -0.3 is 13.3 Å². The molecule has 1 aliphatic rings. The Kier molecular flexibility index (Phi) is 3.46. The second-order valence-electron chi connectivity index (χ2n) is 2.83. The molecule has 1 atom stereocenters. The first-order valence-corrected chi connectivity index (χ1v) is 5.91. The van der Waals surface area contributed by atoms with Crippen LogP contribution in [0, 0.1) is 0 Å². The lowest BCUT2D eigenvalue weighted by molar-refractivity contribution is 0.116. The lowest BCUT2D eigenvalue weighted by atomic mass is 10.4. The third-order valence-corrected chi connectivity index (χ3v) is 5.42. The summed E-state index contributed by atoms with van der Waals surface area (Å²) in [4.78, 5) is 0. The van der Waals surface area contributed by atoms with Gasteiger partial charge in [0.1, 0.15) is 0 Å². The highest BCUT2D eigenvalue weighted by atomic mass is 28.4. The first kappa shape index (κ1) is 9.92. The molecule has 0 bridgehead atoms. The number of hydrogen-bond acceptors (Lipinski definition) is 3. The highest BCUT2D eigenvalue weighted by Gasteiger charge is 2.46. The van der Waals surface area contributed by atoms with Crippen LogP contribution in [-0.2, 0) is 13.3 Å². The van der Waals surface area contributed by atoms with Crippen LogP contribution in [0.5, 0.6) is 0 Å². The molecular formula is C8H16O3Si. The smallest absolute Gasteiger partial charge is 0.376 e. The summed E-state index contributed by atoms with van der Waals surface area (Å²) in [7, 11) is 2.60. The summed E-state index contributed by atoms with van der Waals surface area (Å²) in [6, 6.07) is 0. The van der Waals surface area contributed by atoms with Crippen molar-refractivity contribution in [1.29, 1.82) is 0 Å². The highest BCUT2D eigenvalue weighted by Crippen LogP contribution is 2.34. The Morgan fingerprint density at radius 1 is 1.17 bits per heavy atom. The number of hydrogen-bond donors (Lipinski definition) is 0. The molecular weight excluding hydrogens is 172 g/mol. The Bertz CT molecular complexity index is 157. The Hall–Kier alpha value is -0.163. The van der Waals surface area contributed by atoms with Crippen LogP contribution < -0.4 is 0 Å². The van der Waals surface area contributed by atoms with Gasteiger partial charge in [-0.1, -0.05) is 12.2 Å². The van der Waals surface area contributed by atoms with E-state index in [2.05, 4.69) is 12.2 Å². The van der Waals surface area contributed by atoms with Gasteiger partial charge in [-0.15, -0.1) is 0 Å². The zero-order chi connectivity index (χ0) is 9.03. The second-order valence-corrected chi connectivity index (χ2v) is 6.00. The molecule has 4 heteroatoms. The van der Waals surface area contributed by atoms with Crippen LogP contribution in [0.1, 0.15) is 12.8 Å². The van der Waals surface area contributed by atoms with Gasteiger partial charge in [0.15, 0.2) is 0 Å². The second kappa shape index (κ2) is 4.18. The molecule has 0 radical (unpaired) electrons. The van der Waals surface area contributed by atoms with Gasteiger partial charge in [-0.3, -0.25) is 0 Å². The Morgan fingerprint density at radius 2 is 1.75 bits per heavy atom. The van der Waals surface area contributed by atoms with Crippen LogP contribution in [-0.4, -0.2) is 30.1 Å². The van der Waals surface area contributed by atoms with Gasteiger partial charge in [0.25, 0.3) is 0 Å². The van der Waals surface area contributed by atoms with E-state index >= 15 is 0 Å². The fraction of sp³-hybridized carbons (Fsp3) is 0.750. The average molecular weight is 188 g/mol. The summed E-state index contributed by atoms with van der Waals surface area (Å²) in [6.45, 7) is 0. The molecule has 1 rings (SSSR count). The summed E-state index contributed by atoms with van der Waals surface area (Å²) in [5.41, 5.74) is 0.345. The summed E-state index contributed by atoms with van der Waals surface area (Å²) in [5, 5.41) is 0. The first-order valence-electron chi connectivity index (χ1n) is 4.11. The van der Waals surface area contributed by atoms with E-state index in [1.54, 1.807) is 21.3 Å². The van der Waals surface area contributed by atoms with Crippen molar-refractivity contribution in [3.8, 4) is 0 Å². The van der Waals surface area contributed by atoms with Crippen LogP contribution in [0.4, 0.5) is 0 Å². The van der Waals surface area contributed by atoms with Crippen molar-refractivity contribution in [2.75, 3.05) is 21.3 Å². The summed E-state index contributed by atoms with van der Waals surface area (Å²) in [6.07, 6.45) is 6.49. The van der Waals surface area contributed by atoms with Gasteiger partial charge in [-0.05, 0) is 12.8 Å². The van der Waals surface area contributed by atoms with Crippen LogP contribution in [0.2, 0.25) is 5.54 Å². The fourth-order valence-electron chi connectivity index (χ4n) is 1.63. The van der Waals surface area contributed by atoms with E-state index in [9.17, 15) is 0 Å². The van der Waals surface area contributed by atoms with Gasteiger partial charge in [0.05, 0.1) is 0 Å². The maximum Gasteiger partial charge on any atom is 0.507 e. The summed E-state index contributed by atoms with van der Waals surface area (Å²) >= 11 is 0. The van der Waals surface area contributed by atoms with E-state index in [1.165, 1.54) is 0 Å². The minimum absolute atomic E-state index is 0.345. The van der Waals surface area contributed by atoms with E-state index in [0.717, 1.165) is 12.8 Å². The molecule has 0 amide bonds. The molecule has 1 unspecified atom stereocenters. The fourth-order valence-corrected chi connectivity index (χ4v) is 3.93. The van der Waals surface area contributed by atoms with Crippen molar-refractivity contribution in [1.82, 2.24) is 0 Å². The van der Waals surface area contributed by atoms with Crippen molar-refractivity contribution >= 4 is 8.80 Å². The highest BCUT2D eigenvalue weighted by molar-refractivity contribution is 6.63. The molecule has 0 saturated carbocycles. The Morgan fingerprint density at radius 3 is 2.08 bits per heavy atom. The Labute approximate surface area is 74.7 Å². The third kappa shape index (κ3) is 1.61. The van der Waals surface area contributed by atoms with Gasteiger partial charge in [-0.2, -0.15) is 0 Å². The molecule has 0 fully saturated rings. The number of rotatable bonds is 4. The standard InChI is InChI=1S/C8H16O3Si/c1-9-12(10-2,11-3)8-6-4-5-7-8/h4,6,8H,5,7H2,1-3H3. The molecule has 12 heavy (non-hydrogen) atoms. The quantitative estimate of drug-likeness (QED) is 0.495. The Balaban J connectivity index is 2.68. The minimum atomic E-state index is -2.37. The predicted molar refractivity (Wildman–Crippen MR) is 48.9 cm³/mol. The molecule has 3 nitrogen and oxygen atoms in total. The molecule has 1 aliphatic carbocycles. The topological polar surface area (TPSA) is 27.7 Å². The van der Waals surface area contributed by atoms with E-state index in [1.807, 2.05) is 0 Å². The largest absolute Gasteiger partial charge is 0.507 e. The predicted octanol–water partition coefficient (Wildman–Crippen LogP) is 1.58. The van der Waals surface area contributed by atoms with Crippen molar-refractivity contribution in [3.05, 3.63) is 12.2 Å². The zero-order valence-electron chi connectivity index (χ0n) is 7.87. The van der Waals surface area contributed by atoms with Crippen molar-refractivity contribution in [2.45, 2.75) is 18.4 Å². The normalized spacial score (nSPS) is 23.4. The van der Waals surface area contributed by atoms with E-state index in [-0.39, 0.29) is 0 Å². The molecule has 0 N–H and O–H groups in total. The van der Waals surface area contributed by atoms with Crippen LogP contribution in [0.3, 0.4) is 0 Å². The first-order chi connectivity index (χ1) is 5.79. The van der Waals surface area contributed by atoms with Gasteiger partial charge >= 0.3 is 8.80 Å². The van der Waals surface area contributed by atoms with Crippen molar-refractivity contribution in [3.63, 3.8) is 0 Å². The van der Waals surface area contributed by atoms with Gasteiger partial charge in [0, 0.05) is 26.9 Å². The van der Waals surface area contributed by atoms with Crippen molar-refractivity contribution in [2.24, 2.45) is 0 Å². The summed E-state index contributed by atoms with van der Waals surface area (Å²) in [5.74, 6) is 0. The molecule has 0 saturated heterocycles. The molecule has 0 aromatic carbocycles. The van der Waals surface area contributed by atoms with Gasteiger partial charge in [-0.25, -0.2) is 0 Å². The third-order valence-electron chi connectivity index (χ3n) is 2.32. The lowest BCUT2D eigenvalue weighted by Gasteiger charge is -2.28. The van der Waals surface area contributed by atoms with Crippen molar-refractivity contribution < 1.29 is 13.3 Å². The lowest BCUT2D eigenvalue weighted by Crippen LogP contribution is -2.46. The van der Waals surface area contributed by atoms with E-state index in [4.69, 9.17) is 13.3 Å².